The molecular formula is C15H18N2O2. The Kier molecular flexibility index (Phi) is 2.90. The standard InChI is InChI=1S/C15H18N2O2/c1-9-3-6-12-13(10(9)2)17(15(19)14(12)18)8-7-16-11-4-5-11/h3,6,11,16H,4-5,7-8H2,1-2H3. The predicted molar refractivity (Wildman–Crippen MR) is 73.6 cm³/mol. The first-order chi connectivity index (χ1) is 9.09. The summed E-state index contributed by atoms with van der Waals surface area (Å²) in [5.74, 6) is -0.759. The van der Waals surface area contributed by atoms with Gasteiger partial charge in [-0.2, -0.15) is 0 Å². The molecule has 1 saturated carbocycles. The van der Waals surface area contributed by atoms with Crippen molar-refractivity contribution in [1.82, 2.24) is 5.32 Å². The lowest BCUT2D eigenvalue weighted by atomic mass is 10.0. The Morgan fingerprint density at radius 2 is 2.00 bits per heavy atom. The minimum Gasteiger partial charge on any atom is -0.312 e. The van der Waals surface area contributed by atoms with Gasteiger partial charge in [0.1, 0.15) is 0 Å². The van der Waals surface area contributed by atoms with Gasteiger partial charge in [-0.3, -0.25) is 9.59 Å². The normalized spacial score (nSPS) is 18.1. The van der Waals surface area contributed by atoms with E-state index in [0.29, 0.717) is 18.2 Å². The van der Waals surface area contributed by atoms with Crippen LogP contribution in [0.1, 0.15) is 34.3 Å². The second-order valence-electron chi connectivity index (χ2n) is 5.42. The minimum atomic E-state index is -0.388. The second-order valence-corrected chi connectivity index (χ2v) is 5.42. The fourth-order valence-electron chi connectivity index (χ4n) is 2.55. The van der Waals surface area contributed by atoms with E-state index in [-0.39, 0.29) is 11.7 Å². The zero-order chi connectivity index (χ0) is 13.6. The number of amides is 1. The van der Waals surface area contributed by atoms with Gasteiger partial charge in [0.05, 0.1) is 11.3 Å². The molecule has 1 aliphatic carbocycles. The van der Waals surface area contributed by atoms with Crippen LogP contribution in [-0.2, 0) is 4.79 Å². The highest BCUT2D eigenvalue weighted by atomic mass is 16.2. The van der Waals surface area contributed by atoms with Crippen LogP contribution >= 0.6 is 0 Å². The molecule has 1 N–H and O–H groups in total. The van der Waals surface area contributed by atoms with Gasteiger partial charge in [-0.25, -0.2) is 0 Å². The molecule has 0 bridgehead atoms. The van der Waals surface area contributed by atoms with Crippen LogP contribution in [0, 0.1) is 13.8 Å². The lowest BCUT2D eigenvalue weighted by Crippen LogP contribution is -2.36. The summed E-state index contributed by atoms with van der Waals surface area (Å²) in [4.78, 5) is 25.7. The number of nitrogens with one attached hydrogen (secondary N) is 1. The Bertz CT molecular complexity index is 562. The molecular weight excluding hydrogens is 240 g/mol. The second kappa shape index (κ2) is 4.46. The summed E-state index contributed by atoms with van der Waals surface area (Å²) in [6.45, 7) is 5.29. The van der Waals surface area contributed by atoms with Crippen molar-refractivity contribution in [3.05, 3.63) is 28.8 Å². The summed E-state index contributed by atoms with van der Waals surface area (Å²) < 4.78 is 0. The van der Waals surface area contributed by atoms with Crippen molar-refractivity contribution in [2.45, 2.75) is 32.7 Å². The zero-order valence-electron chi connectivity index (χ0n) is 11.3. The first-order valence-electron chi connectivity index (χ1n) is 6.79. The monoisotopic (exact) mass is 258 g/mol. The van der Waals surface area contributed by atoms with E-state index in [1.165, 1.54) is 12.8 Å². The Balaban J connectivity index is 1.86. The third-order valence-electron chi connectivity index (χ3n) is 4.00. The smallest absolute Gasteiger partial charge is 0.299 e. The lowest BCUT2D eigenvalue weighted by Gasteiger charge is -2.19. The van der Waals surface area contributed by atoms with Crippen LogP contribution in [0.3, 0.4) is 0 Å². The molecule has 1 aliphatic heterocycles. The van der Waals surface area contributed by atoms with E-state index < -0.39 is 0 Å². The highest BCUT2D eigenvalue weighted by molar-refractivity contribution is 6.52. The summed E-state index contributed by atoms with van der Waals surface area (Å²) in [5.41, 5.74) is 3.51. The van der Waals surface area contributed by atoms with Crippen LogP contribution in [0.25, 0.3) is 0 Å². The maximum absolute atomic E-state index is 12.1. The molecule has 1 aromatic carbocycles. The van der Waals surface area contributed by atoms with Crippen molar-refractivity contribution < 1.29 is 9.59 Å². The first-order valence-corrected chi connectivity index (χ1v) is 6.79. The molecule has 0 atom stereocenters. The zero-order valence-corrected chi connectivity index (χ0v) is 11.3. The van der Waals surface area contributed by atoms with Crippen molar-refractivity contribution in [3.63, 3.8) is 0 Å². The third-order valence-corrected chi connectivity index (χ3v) is 4.00. The average molecular weight is 258 g/mol. The van der Waals surface area contributed by atoms with Crippen molar-refractivity contribution in [2.24, 2.45) is 0 Å². The fourth-order valence-corrected chi connectivity index (χ4v) is 2.55. The highest BCUT2D eigenvalue weighted by Gasteiger charge is 2.37. The Morgan fingerprint density at radius 3 is 2.68 bits per heavy atom. The number of Topliss-reactive ketones (excluding diaryl/α,β-unsaturated/α-hetero) is 1. The van der Waals surface area contributed by atoms with Crippen molar-refractivity contribution >= 4 is 17.4 Å². The van der Waals surface area contributed by atoms with Crippen molar-refractivity contribution in [2.75, 3.05) is 18.0 Å². The maximum Gasteiger partial charge on any atom is 0.299 e. The van der Waals surface area contributed by atoms with Crippen LogP contribution in [0.4, 0.5) is 5.69 Å². The van der Waals surface area contributed by atoms with Gasteiger partial charge in [-0.1, -0.05) is 6.07 Å². The van der Waals surface area contributed by atoms with Gasteiger partial charge >= 0.3 is 0 Å². The number of carbonyl (C=O) groups excluding carboxylic acids is 2. The largest absolute Gasteiger partial charge is 0.312 e. The van der Waals surface area contributed by atoms with Crippen LogP contribution in [0.15, 0.2) is 12.1 Å². The number of ketones is 1. The molecule has 0 spiro atoms. The molecule has 1 amide bonds. The molecule has 0 aromatic heterocycles. The summed E-state index contributed by atoms with van der Waals surface area (Å²) >= 11 is 0. The number of carbonyl (C=O) groups is 2. The molecule has 19 heavy (non-hydrogen) atoms. The molecule has 3 rings (SSSR count). The maximum atomic E-state index is 12.1. The molecule has 1 heterocycles. The van der Waals surface area contributed by atoms with Gasteiger partial charge in [0, 0.05) is 19.1 Å². The third kappa shape index (κ3) is 2.06. The number of fused-ring (bicyclic) bond motifs is 1. The number of aryl methyl sites for hydroxylation is 1. The molecule has 1 fully saturated rings. The molecule has 0 saturated heterocycles. The number of hydrogen-bond donors (Lipinski definition) is 1. The molecule has 0 unspecified atom stereocenters. The van der Waals surface area contributed by atoms with Crippen LogP contribution < -0.4 is 10.2 Å². The van der Waals surface area contributed by atoms with Gasteiger partial charge in [0.2, 0.25) is 0 Å². The Hall–Kier alpha value is -1.68. The minimum absolute atomic E-state index is 0.371. The van der Waals surface area contributed by atoms with E-state index in [2.05, 4.69) is 5.32 Å². The predicted octanol–water partition coefficient (Wildman–Crippen LogP) is 1.58. The molecule has 100 valence electrons. The fraction of sp³-hybridized carbons (Fsp3) is 0.467. The summed E-state index contributed by atoms with van der Waals surface area (Å²) in [6.07, 6.45) is 2.45. The average Bonchev–Trinajstić information content (AvgIpc) is 3.17. The molecule has 0 radical (unpaired) electrons. The number of anilines is 1. The van der Waals surface area contributed by atoms with E-state index >= 15 is 0 Å². The van der Waals surface area contributed by atoms with Gasteiger partial charge < -0.3 is 10.2 Å². The lowest BCUT2D eigenvalue weighted by molar-refractivity contribution is -0.114. The molecule has 2 aliphatic rings. The number of nitrogens with zero attached hydrogens (tertiary/aromatic N) is 1. The SMILES string of the molecule is Cc1ccc2c(c1C)N(CCNC1CC1)C(=O)C2=O. The van der Waals surface area contributed by atoms with Gasteiger partial charge in [0.25, 0.3) is 11.7 Å². The molecule has 4 heteroatoms. The Morgan fingerprint density at radius 1 is 1.26 bits per heavy atom. The van der Waals surface area contributed by atoms with Crippen molar-refractivity contribution in [3.8, 4) is 0 Å². The van der Waals surface area contributed by atoms with Gasteiger partial charge in [-0.05, 0) is 43.9 Å². The van der Waals surface area contributed by atoms with E-state index in [1.54, 1.807) is 11.0 Å². The van der Waals surface area contributed by atoms with Crippen LogP contribution in [0.5, 0.6) is 0 Å². The summed E-state index contributed by atoms with van der Waals surface area (Å²) in [6, 6.07) is 4.30. The highest BCUT2D eigenvalue weighted by Crippen LogP contribution is 2.33. The van der Waals surface area contributed by atoms with Crippen LogP contribution in [0.2, 0.25) is 0 Å². The van der Waals surface area contributed by atoms with Gasteiger partial charge in [0.15, 0.2) is 0 Å². The van der Waals surface area contributed by atoms with E-state index in [1.807, 2.05) is 19.9 Å². The number of hydrogen-bond acceptors (Lipinski definition) is 3. The summed E-state index contributed by atoms with van der Waals surface area (Å²) in [7, 11) is 0. The van der Waals surface area contributed by atoms with Crippen molar-refractivity contribution in [1.29, 1.82) is 0 Å². The quantitative estimate of drug-likeness (QED) is 0.834. The van der Waals surface area contributed by atoms with E-state index in [9.17, 15) is 9.59 Å². The molecule has 1 aromatic rings. The summed E-state index contributed by atoms with van der Waals surface area (Å²) in [5, 5.41) is 3.38. The first kappa shape index (κ1) is 12.4. The van der Waals surface area contributed by atoms with E-state index in [0.717, 1.165) is 23.4 Å². The van der Waals surface area contributed by atoms with Gasteiger partial charge in [-0.15, -0.1) is 0 Å². The Labute approximate surface area is 112 Å². The number of benzene rings is 1. The van der Waals surface area contributed by atoms with Crippen LogP contribution in [-0.4, -0.2) is 30.8 Å². The number of rotatable bonds is 4. The topological polar surface area (TPSA) is 49.4 Å². The van der Waals surface area contributed by atoms with E-state index in [4.69, 9.17) is 0 Å². The molecule has 4 nitrogen and oxygen atoms in total.